The largest absolute Gasteiger partial charge is 0.493 e. The predicted octanol–water partition coefficient (Wildman–Crippen LogP) is 1.79. The van der Waals surface area contributed by atoms with Gasteiger partial charge in [0.15, 0.2) is 11.5 Å². The second-order valence-corrected chi connectivity index (χ2v) is 5.30. The van der Waals surface area contributed by atoms with Crippen molar-refractivity contribution in [3.63, 3.8) is 0 Å². The van der Waals surface area contributed by atoms with Gasteiger partial charge in [-0.1, -0.05) is 0 Å². The molecule has 0 unspecified atom stereocenters. The maximum atomic E-state index is 12.1. The molecule has 0 radical (unpaired) electrons. The van der Waals surface area contributed by atoms with Crippen LogP contribution in [0.1, 0.15) is 6.42 Å². The summed E-state index contributed by atoms with van der Waals surface area (Å²) < 4.78 is 15.8. The molecule has 0 saturated carbocycles. The Morgan fingerprint density at radius 2 is 1.64 bits per heavy atom. The number of hydrogen-bond acceptors (Lipinski definition) is 6. The van der Waals surface area contributed by atoms with Crippen LogP contribution < -0.4 is 24.8 Å². The summed E-state index contributed by atoms with van der Waals surface area (Å²) in [5, 5.41) is 6.18. The number of carbonyl (C=O) groups is 1. The summed E-state index contributed by atoms with van der Waals surface area (Å²) in [7, 11) is 4.65. The van der Waals surface area contributed by atoms with Gasteiger partial charge in [0.1, 0.15) is 0 Å². The number of rotatable bonds is 7. The summed E-state index contributed by atoms with van der Waals surface area (Å²) in [6.45, 7) is 4.69. The van der Waals surface area contributed by atoms with Gasteiger partial charge in [-0.25, -0.2) is 0 Å². The molecule has 2 rings (SSSR count). The minimum absolute atomic E-state index is 0. The summed E-state index contributed by atoms with van der Waals surface area (Å²) in [5.74, 6) is 1.51. The lowest BCUT2D eigenvalue weighted by molar-refractivity contribution is -0.116. The number of anilines is 1. The highest BCUT2D eigenvalue weighted by molar-refractivity contribution is 5.91. The molecule has 1 heterocycles. The van der Waals surface area contributed by atoms with E-state index in [-0.39, 0.29) is 30.7 Å². The molecule has 1 fully saturated rings. The number of hydrogen-bond donors (Lipinski definition) is 2. The molecule has 1 aliphatic heterocycles. The maximum absolute atomic E-state index is 12.1. The van der Waals surface area contributed by atoms with Crippen molar-refractivity contribution in [2.45, 2.75) is 6.42 Å². The van der Waals surface area contributed by atoms with Gasteiger partial charge in [-0.05, 0) is 0 Å². The van der Waals surface area contributed by atoms with Gasteiger partial charge in [0.25, 0.3) is 0 Å². The molecule has 0 aliphatic carbocycles. The highest BCUT2D eigenvalue weighted by Crippen LogP contribution is 2.39. The molecule has 0 bridgehead atoms. The Kier molecular flexibility index (Phi) is 11.3. The van der Waals surface area contributed by atoms with Gasteiger partial charge in [0.2, 0.25) is 11.7 Å². The molecule has 1 aliphatic rings. The van der Waals surface area contributed by atoms with E-state index in [2.05, 4.69) is 15.5 Å². The minimum Gasteiger partial charge on any atom is -0.493 e. The third kappa shape index (κ3) is 6.78. The first-order valence-electron chi connectivity index (χ1n) is 7.71. The fourth-order valence-corrected chi connectivity index (χ4v) is 2.57. The van der Waals surface area contributed by atoms with Gasteiger partial charge in [-0.3, -0.25) is 4.79 Å². The van der Waals surface area contributed by atoms with Crippen LogP contribution in [0.25, 0.3) is 0 Å². The van der Waals surface area contributed by atoms with Crippen LogP contribution in [-0.4, -0.2) is 64.9 Å². The van der Waals surface area contributed by atoms with Crippen molar-refractivity contribution in [1.29, 1.82) is 0 Å². The average molecular weight is 396 g/mol. The Hall–Kier alpha value is -1.41. The number of benzene rings is 1. The van der Waals surface area contributed by atoms with Gasteiger partial charge < -0.3 is 29.7 Å². The van der Waals surface area contributed by atoms with Crippen LogP contribution in [0, 0.1) is 0 Å². The van der Waals surface area contributed by atoms with E-state index in [1.807, 2.05) is 0 Å². The van der Waals surface area contributed by atoms with Crippen LogP contribution in [0.15, 0.2) is 12.1 Å². The quantitative estimate of drug-likeness (QED) is 0.733. The standard InChI is InChI=1S/C16H25N3O4.2ClH/c1-21-13-10-12(11-14(22-2)16(13)23-3)18-15(20)4-7-19-8-5-17-6-9-19;;/h10-11,17H,4-9H2,1-3H3,(H,18,20);2*1H. The van der Waals surface area contributed by atoms with Gasteiger partial charge in [-0.2, -0.15) is 0 Å². The number of amides is 1. The normalized spacial score (nSPS) is 13.9. The molecule has 25 heavy (non-hydrogen) atoms. The molecule has 144 valence electrons. The molecule has 0 spiro atoms. The van der Waals surface area contributed by atoms with E-state index >= 15 is 0 Å². The third-order valence-electron chi connectivity index (χ3n) is 3.81. The van der Waals surface area contributed by atoms with E-state index in [9.17, 15) is 4.79 Å². The third-order valence-corrected chi connectivity index (χ3v) is 3.81. The monoisotopic (exact) mass is 395 g/mol. The Balaban J connectivity index is 0.00000288. The molecule has 0 aromatic heterocycles. The summed E-state index contributed by atoms with van der Waals surface area (Å²) >= 11 is 0. The van der Waals surface area contributed by atoms with Crippen LogP contribution in [0.4, 0.5) is 5.69 Å². The second kappa shape index (κ2) is 12.0. The van der Waals surface area contributed by atoms with Crippen molar-refractivity contribution in [3.05, 3.63) is 12.1 Å². The Labute approximate surface area is 161 Å². The highest BCUT2D eigenvalue weighted by Gasteiger charge is 2.15. The van der Waals surface area contributed by atoms with E-state index in [1.165, 1.54) is 0 Å². The predicted molar refractivity (Wildman–Crippen MR) is 103 cm³/mol. The van der Waals surface area contributed by atoms with Gasteiger partial charge in [0, 0.05) is 57.0 Å². The van der Waals surface area contributed by atoms with Gasteiger partial charge in [-0.15, -0.1) is 24.8 Å². The molecule has 1 saturated heterocycles. The van der Waals surface area contributed by atoms with E-state index in [4.69, 9.17) is 14.2 Å². The lowest BCUT2D eigenvalue weighted by Crippen LogP contribution is -2.44. The zero-order valence-electron chi connectivity index (χ0n) is 14.8. The first kappa shape index (κ1) is 23.6. The number of nitrogens with one attached hydrogen (secondary N) is 2. The van der Waals surface area contributed by atoms with Gasteiger partial charge in [0.05, 0.1) is 21.3 Å². The van der Waals surface area contributed by atoms with Crippen LogP contribution in [0.5, 0.6) is 17.2 Å². The fourth-order valence-electron chi connectivity index (χ4n) is 2.57. The van der Waals surface area contributed by atoms with E-state index in [0.717, 1.165) is 32.7 Å². The number of ether oxygens (including phenoxy) is 3. The molecule has 9 heteroatoms. The minimum atomic E-state index is -0.0298. The number of piperazine rings is 1. The van der Waals surface area contributed by atoms with Crippen molar-refractivity contribution in [1.82, 2.24) is 10.2 Å². The van der Waals surface area contributed by atoms with Crippen molar-refractivity contribution in [2.75, 3.05) is 59.4 Å². The van der Waals surface area contributed by atoms with Crippen LogP contribution in [0.2, 0.25) is 0 Å². The van der Waals surface area contributed by atoms with Crippen molar-refractivity contribution in [2.24, 2.45) is 0 Å². The molecular formula is C16H27Cl2N3O4. The van der Waals surface area contributed by atoms with Crippen molar-refractivity contribution >= 4 is 36.4 Å². The summed E-state index contributed by atoms with van der Waals surface area (Å²) in [4.78, 5) is 14.4. The number of nitrogens with zero attached hydrogens (tertiary/aromatic N) is 1. The second-order valence-electron chi connectivity index (χ2n) is 5.30. The van der Waals surface area contributed by atoms with Crippen molar-refractivity contribution < 1.29 is 19.0 Å². The SMILES string of the molecule is COc1cc(NC(=O)CCN2CCNCC2)cc(OC)c1OC.Cl.Cl. The zero-order valence-corrected chi connectivity index (χ0v) is 16.4. The number of halogens is 2. The van der Waals surface area contributed by atoms with Gasteiger partial charge >= 0.3 is 0 Å². The Morgan fingerprint density at radius 3 is 2.12 bits per heavy atom. The van der Waals surface area contributed by atoms with Crippen LogP contribution in [-0.2, 0) is 4.79 Å². The average Bonchev–Trinajstić information content (AvgIpc) is 2.59. The maximum Gasteiger partial charge on any atom is 0.225 e. The molecule has 1 aromatic carbocycles. The highest BCUT2D eigenvalue weighted by atomic mass is 35.5. The van der Waals surface area contributed by atoms with Crippen molar-refractivity contribution in [3.8, 4) is 17.2 Å². The van der Waals surface area contributed by atoms with E-state index < -0.39 is 0 Å². The molecule has 2 N–H and O–H groups in total. The Morgan fingerprint density at radius 1 is 1.08 bits per heavy atom. The zero-order chi connectivity index (χ0) is 16.7. The summed E-state index contributed by atoms with van der Waals surface area (Å²) in [6, 6.07) is 3.45. The van der Waals surface area contributed by atoms with Crippen LogP contribution >= 0.6 is 24.8 Å². The lowest BCUT2D eigenvalue weighted by Gasteiger charge is -2.26. The number of methoxy groups -OCH3 is 3. The van der Waals surface area contributed by atoms with E-state index in [1.54, 1.807) is 33.5 Å². The molecule has 1 amide bonds. The molecule has 1 aromatic rings. The summed E-state index contributed by atoms with van der Waals surface area (Å²) in [6.07, 6.45) is 0.455. The molecule has 0 atom stereocenters. The fraction of sp³-hybridized carbons (Fsp3) is 0.562. The molecular weight excluding hydrogens is 369 g/mol. The van der Waals surface area contributed by atoms with Crippen LogP contribution in [0.3, 0.4) is 0 Å². The topological polar surface area (TPSA) is 72.1 Å². The smallest absolute Gasteiger partial charge is 0.225 e. The number of carbonyl (C=O) groups excluding carboxylic acids is 1. The first-order valence-corrected chi connectivity index (χ1v) is 7.71. The first-order chi connectivity index (χ1) is 11.2. The summed E-state index contributed by atoms with van der Waals surface area (Å²) in [5.41, 5.74) is 0.629. The lowest BCUT2D eigenvalue weighted by atomic mass is 10.2. The Bertz CT molecular complexity index is 515. The van der Waals surface area contributed by atoms with E-state index in [0.29, 0.717) is 29.4 Å². The molecule has 7 nitrogen and oxygen atoms in total.